The molecule has 0 N–H and O–H groups in total. The first-order valence-corrected chi connectivity index (χ1v) is 3.24. The van der Waals surface area contributed by atoms with Gasteiger partial charge in [-0.15, -0.1) is 0 Å². The Kier molecular flexibility index (Phi) is 1.26. The van der Waals surface area contributed by atoms with Crippen LogP contribution >= 0.6 is 0 Å². The van der Waals surface area contributed by atoms with E-state index >= 15 is 0 Å². The number of hydrogen-bond acceptors (Lipinski definition) is 4. The normalized spacial score (nSPS) is 10.3. The van der Waals surface area contributed by atoms with Gasteiger partial charge in [0.2, 0.25) is 0 Å². The van der Waals surface area contributed by atoms with E-state index < -0.39 is 5.03 Å². The van der Waals surface area contributed by atoms with E-state index in [2.05, 4.69) is 10.3 Å². The minimum absolute atomic E-state index is 0.405. The van der Waals surface area contributed by atoms with Crippen molar-refractivity contribution in [1.82, 2.24) is 15.1 Å². The minimum Gasteiger partial charge on any atom is -0.339 e. The molecule has 0 spiro atoms. The zero-order valence-corrected chi connectivity index (χ0v) is 5.91. The molecule has 0 aliphatic carbocycles. The Hall–Kier alpha value is -1.98. The topological polar surface area (TPSA) is 73.8 Å². The lowest BCUT2D eigenvalue weighted by Gasteiger charge is -1.89. The number of nitro groups is 1. The standard InChI is InChI=1S/C6H4N4O2/c11-10(12)9-6-4-2-1-3-5(6)7-8-9/h1-4H. The molecule has 60 valence electrons. The van der Waals surface area contributed by atoms with Gasteiger partial charge in [0.25, 0.3) is 0 Å². The van der Waals surface area contributed by atoms with E-state index in [-0.39, 0.29) is 0 Å². The Morgan fingerprint density at radius 2 is 2.17 bits per heavy atom. The Bertz CT molecular complexity index is 436. The molecule has 0 radical (unpaired) electrons. The maximum atomic E-state index is 10.3. The molecule has 0 unspecified atom stereocenters. The van der Waals surface area contributed by atoms with Crippen LogP contribution in [0.1, 0.15) is 0 Å². The summed E-state index contributed by atoms with van der Waals surface area (Å²) >= 11 is 0. The molecule has 0 aliphatic rings. The number of rotatable bonds is 1. The third-order valence-electron chi connectivity index (χ3n) is 1.49. The van der Waals surface area contributed by atoms with Gasteiger partial charge in [0.15, 0.2) is 10.7 Å². The van der Waals surface area contributed by atoms with Crippen molar-refractivity contribution in [2.45, 2.75) is 0 Å². The Balaban J connectivity index is 2.79. The summed E-state index contributed by atoms with van der Waals surface area (Å²) in [6.07, 6.45) is 0. The predicted molar refractivity (Wildman–Crippen MR) is 39.9 cm³/mol. The molecule has 6 nitrogen and oxygen atoms in total. The third-order valence-corrected chi connectivity index (χ3v) is 1.49. The van der Waals surface area contributed by atoms with Crippen LogP contribution in [0.4, 0.5) is 0 Å². The quantitative estimate of drug-likeness (QED) is 0.453. The van der Waals surface area contributed by atoms with E-state index in [0.717, 1.165) is 0 Å². The van der Waals surface area contributed by atoms with Crippen LogP contribution in [-0.4, -0.2) is 20.1 Å². The van der Waals surface area contributed by atoms with Gasteiger partial charge in [-0.2, -0.15) is 0 Å². The van der Waals surface area contributed by atoms with E-state index in [0.29, 0.717) is 15.8 Å². The number of aromatic nitrogens is 3. The summed E-state index contributed by atoms with van der Waals surface area (Å²) in [4.78, 5) is 11.0. The van der Waals surface area contributed by atoms with Gasteiger partial charge in [-0.1, -0.05) is 12.1 Å². The second-order valence-corrected chi connectivity index (χ2v) is 2.21. The van der Waals surface area contributed by atoms with Crippen LogP contribution in [-0.2, 0) is 0 Å². The minimum atomic E-state index is -0.616. The van der Waals surface area contributed by atoms with E-state index in [4.69, 9.17) is 0 Å². The highest BCUT2D eigenvalue weighted by Crippen LogP contribution is 2.08. The van der Waals surface area contributed by atoms with Crippen LogP contribution in [0.15, 0.2) is 24.3 Å². The molecule has 0 amide bonds. The van der Waals surface area contributed by atoms with Gasteiger partial charge >= 0.3 is 0 Å². The fraction of sp³-hybridized carbons (Fsp3) is 0. The lowest BCUT2D eigenvalue weighted by atomic mass is 10.3. The first kappa shape index (κ1) is 6.71. The van der Waals surface area contributed by atoms with Crippen molar-refractivity contribution >= 4 is 11.0 Å². The first-order valence-electron chi connectivity index (χ1n) is 3.24. The number of para-hydroxylation sites is 1. The molecule has 2 aromatic rings. The summed E-state index contributed by atoms with van der Waals surface area (Å²) in [7, 11) is 0. The van der Waals surface area contributed by atoms with E-state index in [1.807, 2.05) is 0 Å². The summed E-state index contributed by atoms with van der Waals surface area (Å²) in [6.45, 7) is 0. The molecule has 0 fully saturated rings. The SMILES string of the molecule is O=[N+]([O-])n1nnc2ccccc21. The zero-order chi connectivity index (χ0) is 8.55. The highest BCUT2D eigenvalue weighted by molar-refractivity contribution is 5.73. The fourth-order valence-electron chi connectivity index (χ4n) is 0.977. The van der Waals surface area contributed by atoms with E-state index in [9.17, 15) is 10.1 Å². The average molecular weight is 164 g/mol. The van der Waals surface area contributed by atoms with Gasteiger partial charge < -0.3 is 10.1 Å². The van der Waals surface area contributed by atoms with Crippen molar-refractivity contribution in [3.8, 4) is 0 Å². The van der Waals surface area contributed by atoms with Crippen molar-refractivity contribution in [2.75, 3.05) is 0 Å². The second-order valence-electron chi connectivity index (χ2n) is 2.21. The molecule has 1 heterocycles. The van der Waals surface area contributed by atoms with E-state index in [1.54, 1.807) is 24.3 Å². The summed E-state index contributed by atoms with van der Waals surface area (Å²) in [5.41, 5.74) is 0.928. The summed E-state index contributed by atoms with van der Waals surface area (Å²) in [5, 5.41) is 16.7. The Morgan fingerprint density at radius 1 is 1.42 bits per heavy atom. The molecule has 0 atom stereocenters. The molecular formula is C6H4N4O2. The van der Waals surface area contributed by atoms with Crippen molar-refractivity contribution in [1.29, 1.82) is 0 Å². The van der Waals surface area contributed by atoms with Crippen LogP contribution in [0.25, 0.3) is 11.0 Å². The summed E-state index contributed by atoms with van der Waals surface area (Å²) in [5.74, 6) is 0. The van der Waals surface area contributed by atoms with Crippen molar-refractivity contribution in [3.05, 3.63) is 34.4 Å². The zero-order valence-electron chi connectivity index (χ0n) is 5.91. The fourth-order valence-corrected chi connectivity index (χ4v) is 0.977. The smallest absolute Gasteiger partial charge is 0.183 e. The summed E-state index contributed by atoms with van der Waals surface area (Å²) in [6, 6.07) is 6.72. The first-order chi connectivity index (χ1) is 5.79. The maximum Gasteiger partial charge on any atom is 0.183 e. The monoisotopic (exact) mass is 164 g/mol. The molecule has 0 aliphatic heterocycles. The predicted octanol–water partition coefficient (Wildman–Crippen LogP) is 0.471. The van der Waals surface area contributed by atoms with Gasteiger partial charge in [-0.05, 0) is 17.2 Å². The van der Waals surface area contributed by atoms with Crippen LogP contribution in [0.2, 0.25) is 0 Å². The lowest BCUT2D eigenvalue weighted by Crippen LogP contribution is -2.09. The van der Waals surface area contributed by atoms with E-state index in [1.165, 1.54) is 0 Å². The molecule has 0 bridgehead atoms. The van der Waals surface area contributed by atoms with Gasteiger partial charge in [0.1, 0.15) is 5.52 Å². The molecule has 12 heavy (non-hydrogen) atoms. The van der Waals surface area contributed by atoms with Crippen LogP contribution in [0.5, 0.6) is 0 Å². The summed E-state index contributed by atoms with van der Waals surface area (Å²) < 4.78 is 0. The highest BCUT2D eigenvalue weighted by atomic mass is 16.7. The molecule has 6 heteroatoms. The second kappa shape index (κ2) is 2.26. The van der Waals surface area contributed by atoms with Gasteiger partial charge in [0, 0.05) is 0 Å². The number of hydrogen-bond donors (Lipinski definition) is 0. The Labute approximate surface area is 66.5 Å². The van der Waals surface area contributed by atoms with Gasteiger partial charge in [-0.25, -0.2) is 0 Å². The van der Waals surface area contributed by atoms with Gasteiger partial charge in [0.05, 0.1) is 9.82 Å². The Morgan fingerprint density at radius 3 is 2.92 bits per heavy atom. The molecule has 0 saturated heterocycles. The number of fused-ring (bicyclic) bond motifs is 1. The maximum absolute atomic E-state index is 10.3. The molecule has 2 rings (SSSR count). The number of nitrogens with zero attached hydrogens (tertiary/aromatic N) is 4. The lowest BCUT2D eigenvalue weighted by molar-refractivity contribution is -0.549. The average Bonchev–Trinajstić information content (AvgIpc) is 2.47. The van der Waals surface area contributed by atoms with Crippen molar-refractivity contribution in [2.24, 2.45) is 0 Å². The highest BCUT2D eigenvalue weighted by Gasteiger charge is 2.11. The number of benzene rings is 1. The molecule has 1 aromatic carbocycles. The largest absolute Gasteiger partial charge is 0.339 e. The molecule has 1 aromatic heterocycles. The third kappa shape index (κ3) is 0.815. The van der Waals surface area contributed by atoms with Crippen molar-refractivity contribution < 1.29 is 5.03 Å². The van der Waals surface area contributed by atoms with Crippen LogP contribution in [0, 0.1) is 10.1 Å². The van der Waals surface area contributed by atoms with Crippen LogP contribution in [0.3, 0.4) is 0 Å². The molecular weight excluding hydrogens is 160 g/mol. The van der Waals surface area contributed by atoms with Crippen molar-refractivity contribution in [3.63, 3.8) is 0 Å². The molecule has 0 saturated carbocycles. The van der Waals surface area contributed by atoms with Gasteiger partial charge in [-0.3, -0.25) is 0 Å². The van der Waals surface area contributed by atoms with Crippen LogP contribution < -0.4 is 0 Å².